The van der Waals surface area contributed by atoms with E-state index in [4.69, 9.17) is 10.00 Å². The third-order valence-corrected chi connectivity index (χ3v) is 3.16. The third kappa shape index (κ3) is 3.13. The number of nitrogens with zero attached hydrogens (tertiary/aromatic N) is 2. The van der Waals surface area contributed by atoms with Crippen LogP contribution in [0.5, 0.6) is 5.75 Å². The Hall–Kier alpha value is -2.39. The molecule has 20 heavy (non-hydrogen) atoms. The van der Waals surface area contributed by atoms with Crippen LogP contribution in [0.15, 0.2) is 24.3 Å². The lowest BCUT2D eigenvalue weighted by Crippen LogP contribution is -2.36. The maximum atomic E-state index is 11.7. The van der Waals surface area contributed by atoms with Crippen LogP contribution < -0.4 is 10.1 Å². The molecule has 6 nitrogen and oxygen atoms in total. The molecule has 1 heterocycles. The number of carbonyl (C=O) groups excluding carboxylic acids is 2. The predicted octanol–water partition coefficient (Wildman–Crippen LogP) is 0.436. The first-order valence-corrected chi connectivity index (χ1v) is 6.24. The van der Waals surface area contributed by atoms with Crippen molar-refractivity contribution in [2.45, 2.75) is 19.0 Å². The number of likely N-dealkylation sites (tertiary alicyclic amines) is 1. The number of amides is 2. The lowest BCUT2D eigenvalue weighted by molar-refractivity contribution is -0.137. The molecule has 1 aliphatic heterocycles. The van der Waals surface area contributed by atoms with Crippen LogP contribution in [-0.4, -0.2) is 36.4 Å². The molecule has 0 spiro atoms. The number of hydrogen-bond donors (Lipinski definition) is 1. The van der Waals surface area contributed by atoms with Crippen LogP contribution >= 0.6 is 0 Å². The number of nitrogens with one attached hydrogen (secondary N) is 1. The number of hydrogen-bond acceptors (Lipinski definition) is 5. The molecule has 2 rings (SSSR count). The Kier molecular flexibility index (Phi) is 4.33. The quantitative estimate of drug-likeness (QED) is 0.787. The van der Waals surface area contributed by atoms with Gasteiger partial charge in [0.2, 0.25) is 11.8 Å². The van der Waals surface area contributed by atoms with E-state index in [1.165, 1.54) is 7.05 Å². The number of imide groups is 1. The van der Waals surface area contributed by atoms with Gasteiger partial charge in [0.25, 0.3) is 0 Å². The van der Waals surface area contributed by atoms with Gasteiger partial charge in [0.15, 0.2) is 6.61 Å². The summed E-state index contributed by atoms with van der Waals surface area (Å²) < 4.78 is 5.15. The van der Waals surface area contributed by atoms with Crippen molar-refractivity contribution >= 4 is 11.8 Å². The molecule has 0 bridgehead atoms. The summed E-state index contributed by atoms with van der Waals surface area (Å²) in [5.74, 6) is 0.277. The van der Waals surface area contributed by atoms with Gasteiger partial charge in [-0.3, -0.25) is 14.5 Å². The molecule has 104 valence electrons. The lowest BCUT2D eigenvalue weighted by Gasteiger charge is -2.11. The van der Waals surface area contributed by atoms with Crippen LogP contribution in [0.4, 0.5) is 0 Å². The summed E-state index contributed by atoms with van der Waals surface area (Å²) >= 11 is 0. The Morgan fingerprint density at radius 1 is 1.40 bits per heavy atom. The van der Waals surface area contributed by atoms with E-state index in [1.54, 1.807) is 12.1 Å². The number of carbonyl (C=O) groups is 2. The second-order valence-corrected chi connectivity index (χ2v) is 4.52. The van der Waals surface area contributed by atoms with Gasteiger partial charge in [-0.05, 0) is 17.7 Å². The van der Waals surface area contributed by atoms with Crippen molar-refractivity contribution in [3.05, 3.63) is 29.8 Å². The summed E-state index contributed by atoms with van der Waals surface area (Å²) in [6.45, 7) is 0.513. The minimum absolute atomic E-state index is 0.0165. The highest BCUT2D eigenvalue weighted by molar-refractivity contribution is 6.05. The molecule has 1 saturated heterocycles. The molecule has 0 aromatic heterocycles. The molecular weight excluding hydrogens is 258 g/mol. The van der Waals surface area contributed by atoms with E-state index in [0.717, 1.165) is 10.5 Å². The molecule has 0 aliphatic carbocycles. The van der Waals surface area contributed by atoms with Gasteiger partial charge in [-0.15, -0.1) is 0 Å². The molecule has 1 unspecified atom stereocenters. The van der Waals surface area contributed by atoms with Crippen molar-refractivity contribution in [3.8, 4) is 11.8 Å². The van der Waals surface area contributed by atoms with E-state index >= 15 is 0 Å². The van der Waals surface area contributed by atoms with Crippen LogP contribution in [0.25, 0.3) is 0 Å². The maximum Gasteiger partial charge on any atom is 0.246 e. The second kappa shape index (κ2) is 6.17. The zero-order chi connectivity index (χ0) is 14.5. The normalized spacial score (nSPS) is 18.2. The highest BCUT2D eigenvalue weighted by Crippen LogP contribution is 2.14. The Morgan fingerprint density at radius 2 is 2.10 bits per heavy atom. The van der Waals surface area contributed by atoms with Crippen molar-refractivity contribution in [2.24, 2.45) is 0 Å². The third-order valence-electron chi connectivity index (χ3n) is 3.16. The summed E-state index contributed by atoms with van der Waals surface area (Å²) in [6, 6.07) is 8.69. The van der Waals surface area contributed by atoms with Crippen molar-refractivity contribution in [2.75, 3.05) is 13.7 Å². The molecule has 1 aromatic carbocycles. The van der Waals surface area contributed by atoms with Gasteiger partial charge in [0, 0.05) is 13.6 Å². The summed E-state index contributed by atoms with van der Waals surface area (Å²) in [5.41, 5.74) is 0.976. The fraction of sp³-hybridized carbons (Fsp3) is 0.357. The molecule has 1 N–H and O–H groups in total. The Balaban J connectivity index is 1.87. The van der Waals surface area contributed by atoms with Gasteiger partial charge >= 0.3 is 0 Å². The highest BCUT2D eigenvalue weighted by atomic mass is 16.5. The number of benzene rings is 1. The average Bonchev–Trinajstić information content (AvgIpc) is 2.71. The minimum Gasteiger partial charge on any atom is -0.479 e. The minimum atomic E-state index is -0.443. The van der Waals surface area contributed by atoms with Gasteiger partial charge in [-0.2, -0.15) is 5.26 Å². The first-order chi connectivity index (χ1) is 9.61. The maximum absolute atomic E-state index is 11.7. The van der Waals surface area contributed by atoms with Gasteiger partial charge < -0.3 is 10.1 Å². The van der Waals surface area contributed by atoms with E-state index in [1.807, 2.05) is 18.2 Å². The van der Waals surface area contributed by atoms with E-state index in [-0.39, 0.29) is 24.8 Å². The molecular formula is C14H15N3O3. The molecule has 1 aromatic rings. The van der Waals surface area contributed by atoms with Gasteiger partial charge in [0.05, 0.1) is 12.5 Å². The van der Waals surface area contributed by atoms with E-state index in [0.29, 0.717) is 12.3 Å². The predicted molar refractivity (Wildman–Crippen MR) is 70.6 cm³/mol. The summed E-state index contributed by atoms with van der Waals surface area (Å²) in [6.07, 6.45) is 0.207. The SMILES string of the molecule is CN1C(=O)CC(NCc2ccc(OCC#N)cc2)C1=O. The first kappa shape index (κ1) is 14.0. The van der Waals surface area contributed by atoms with Crippen molar-refractivity contribution < 1.29 is 14.3 Å². The number of rotatable bonds is 5. The summed E-state index contributed by atoms with van der Waals surface area (Å²) in [4.78, 5) is 24.2. The first-order valence-electron chi connectivity index (χ1n) is 6.24. The van der Waals surface area contributed by atoms with Gasteiger partial charge in [0.1, 0.15) is 11.8 Å². The van der Waals surface area contributed by atoms with Gasteiger partial charge in [-0.1, -0.05) is 12.1 Å². The molecule has 0 saturated carbocycles. The fourth-order valence-corrected chi connectivity index (χ4v) is 1.98. The van der Waals surface area contributed by atoms with Crippen LogP contribution in [0.3, 0.4) is 0 Å². The summed E-state index contributed by atoms with van der Waals surface area (Å²) in [7, 11) is 1.49. The number of nitriles is 1. The summed E-state index contributed by atoms with van der Waals surface area (Å²) in [5, 5.41) is 11.5. The second-order valence-electron chi connectivity index (χ2n) is 4.52. The van der Waals surface area contributed by atoms with Crippen LogP contribution in [0.1, 0.15) is 12.0 Å². The topological polar surface area (TPSA) is 82.4 Å². The zero-order valence-electron chi connectivity index (χ0n) is 11.1. The molecule has 0 radical (unpaired) electrons. The largest absolute Gasteiger partial charge is 0.479 e. The van der Waals surface area contributed by atoms with E-state index < -0.39 is 6.04 Å². The van der Waals surface area contributed by atoms with Crippen molar-refractivity contribution in [1.82, 2.24) is 10.2 Å². The van der Waals surface area contributed by atoms with Crippen LogP contribution in [0, 0.1) is 11.3 Å². The van der Waals surface area contributed by atoms with Crippen molar-refractivity contribution in [1.29, 1.82) is 5.26 Å². The fourth-order valence-electron chi connectivity index (χ4n) is 1.98. The number of likely N-dealkylation sites (N-methyl/N-ethyl adjacent to an activating group) is 1. The molecule has 1 atom stereocenters. The van der Waals surface area contributed by atoms with Gasteiger partial charge in [-0.25, -0.2) is 0 Å². The van der Waals surface area contributed by atoms with E-state index in [2.05, 4.69) is 5.32 Å². The average molecular weight is 273 g/mol. The van der Waals surface area contributed by atoms with Crippen LogP contribution in [0.2, 0.25) is 0 Å². The van der Waals surface area contributed by atoms with Crippen molar-refractivity contribution in [3.63, 3.8) is 0 Å². The Morgan fingerprint density at radius 3 is 2.65 bits per heavy atom. The van der Waals surface area contributed by atoms with Crippen LogP contribution in [-0.2, 0) is 16.1 Å². The zero-order valence-corrected chi connectivity index (χ0v) is 11.1. The Bertz CT molecular complexity index is 548. The number of ether oxygens (including phenoxy) is 1. The van der Waals surface area contributed by atoms with E-state index in [9.17, 15) is 9.59 Å². The molecule has 1 aliphatic rings. The smallest absolute Gasteiger partial charge is 0.246 e. The lowest BCUT2D eigenvalue weighted by atomic mass is 10.2. The standard InChI is InChI=1S/C14H15N3O3/c1-17-13(18)8-12(14(17)19)16-9-10-2-4-11(5-3-10)20-7-6-15/h2-5,12,16H,7-9H2,1H3. The molecule has 1 fully saturated rings. The highest BCUT2D eigenvalue weighted by Gasteiger charge is 2.35. The molecule has 2 amide bonds. The molecule has 6 heteroatoms. The Labute approximate surface area is 116 Å². The monoisotopic (exact) mass is 273 g/mol.